The number of carboxylic acid groups (broad SMARTS) is 1. The van der Waals surface area contributed by atoms with E-state index in [-0.39, 0.29) is 6.42 Å². The van der Waals surface area contributed by atoms with Gasteiger partial charge in [0.25, 0.3) is 0 Å². The molecule has 0 aromatic rings. The maximum atomic E-state index is 11.7. The van der Waals surface area contributed by atoms with Crippen LogP contribution in [0.25, 0.3) is 0 Å². The minimum atomic E-state index is -0.899. The van der Waals surface area contributed by atoms with Crippen molar-refractivity contribution >= 4 is 11.9 Å². The molecule has 0 heterocycles. The molecule has 0 saturated carbocycles. The normalized spacial score (nSPS) is 13.0. The molecule has 0 rings (SSSR count). The van der Waals surface area contributed by atoms with Crippen molar-refractivity contribution in [3.63, 3.8) is 0 Å². The minimum absolute atomic E-state index is 0.0262. The Balaban J connectivity index is 3.99. The second-order valence-corrected chi connectivity index (χ2v) is 6.38. The van der Waals surface area contributed by atoms with E-state index in [1.165, 1.54) is 19.3 Å². The number of carbonyl (C=O) groups is 2. The van der Waals surface area contributed by atoms with Gasteiger partial charge in [0.1, 0.15) is 5.60 Å². The zero-order valence-electron chi connectivity index (χ0n) is 13.4. The van der Waals surface area contributed by atoms with Gasteiger partial charge in [-0.15, -0.1) is 0 Å². The Morgan fingerprint density at radius 1 is 1.05 bits per heavy atom. The average molecular weight is 286 g/mol. The molecule has 0 aliphatic rings. The van der Waals surface area contributed by atoms with Gasteiger partial charge in [0.2, 0.25) is 0 Å². The van der Waals surface area contributed by atoms with Crippen molar-refractivity contribution in [3.05, 3.63) is 0 Å². The summed E-state index contributed by atoms with van der Waals surface area (Å²) in [6.07, 6.45) is 7.23. The molecule has 20 heavy (non-hydrogen) atoms. The molecule has 0 bridgehead atoms. The van der Waals surface area contributed by atoms with E-state index < -0.39 is 23.5 Å². The molecule has 0 spiro atoms. The highest BCUT2D eigenvalue weighted by atomic mass is 16.6. The smallest absolute Gasteiger partial charge is 0.307 e. The maximum Gasteiger partial charge on any atom is 0.307 e. The van der Waals surface area contributed by atoms with Crippen molar-refractivity contribution in [2.45, 2.75) is 84.7 Å². The molecular weight excluding hydrogens is 256 g/mol. The number of esters is 1. The third-order valence-electron chi connectivity index (χ3n) is 3.09. The molecule has 1 unspecified atom stereocenters. The van der Waals surface area contributed by atoms with Crippen LogP contribution < -0.4 is 0 Å². The van der Waals surface area contributed by atoms with Gasteiger partial charge in [-0.3, -0.25) is 9.59 Å². The molecule has 0 aromatic heterocycles. The van der Waals surface area contributed by atoms with E-state index in [2.05, 4.69) is 6.92 Å². The van der Waals surface area contributed by atoms with E-state index in [0.717, 1.165) is 19.3 Å². The Morgan fingerprint density at radius 2 is 1.60 bits per heavy atom. The molecule has 0 aromatic carbocycles. The number of ether oxygens (including phenoxy) is 1. The summed E-state index contributed by atoms with van der Waals surface area (Å²) in [7, 11) is 0. The van der Waals surface area contributed by atoms with Gasteiger partial charge in [-0.25, -0.2) is 0 Å². The Bertz CT molecular complexity index is 291. The summed E-state index contributed by atoms with van der Waals surface area (Å²) in [5, 5.41) is 9.15. The first-order valence-electron chi connectivity index (χ1n) is 7.71. The number of carboxylic acids is 1. The number of carbonyl (C=O) groups excluding carboxylic acids is 1. The summed E-state index contributed by atoms with van der Waals surface area (Å²) >= 11 is 0. The molecule has 0 saturated heterocycles. The third kappa shape index (κ3) is 10.8. The highest BCUT2D eigenvalue weighted by molar-refractivity contribution is 5.78. The van der Waals surface area contributed by atoms with E-state index >= 15 is 0 Å². The first-order valence-corrected chi connectivity index (χ1v) is 7.71. The van der Waals surface area contributed by atoms with Gasteiger partial charge >= 0.3 is 11.9 Å². The standard InChI is InChI=1S/C16H30O4/c1-5-6-7-8-9-10-11-13(15(18)19)12-14(17)20-16(2,3)4/h13H,5-12H2,1-4H3,(H,18,19). The summed E-state index contributed by atoms with van der Waals surface area (Å²) in [5.74, 6) is -1.93. The molecule has 1 N–H and O–H groups in total. The lowest BCUT2D eigenvalue weighted by Crippen LogP contribution is -2.27. The van der Waals surface area contributed by atoms with Crippen molar-refractivity contribution in [2.24, 2.45) is 5.92 Å². The molecule has 0 radical (unpaired) electrons. The van der Waals surface area contributed by atoms with Crippen LogP contribution in [0.15, 0.2) is 0 Å². The van der Waals surface area contributed by atoms with E-state index in [0.29, 0.717) is 6.42 Å². The zero-order chi connectivity index (χ0) is 15.6. The molecule has 0 fully saturated rings. The third-order valence-corrected chi connectivity index (χ3v) is 3.09. The van der Waals surface area contributed by atoms with E-state index in [4.69, 9.17) is 9.84 Å². The van der Waals surface area contributed by atoms with Crippen molar-refractivity contribution in [1.82, 2.24) is 0 Å². The average Bonchev–Trinajstić information content (AvgIpc) is 2.29. The molecule has 0 aliphatic carbocycles. The lowest BCUT2D eigenvalue weighted by Gasteiger charge is -2.21. The van der Waals surface area contributed by atoms with Crippen molar-refractivity contribution in [3.8, 4) is 0 Å². The van der Waals surface area contributed by atoms with Crippen LogP contribution in [0.2, 0.25) is 0 Å². The lowest BCUT2D eigenvalue weighted by atomic mass is 9.97. The molecule has 4 nitrogen and oxygen atoms in total. The second kappa shape index (κ2) is 9.78. The molecule has 0 aliphatic heterocycles. The first kappa shape index (κ1) is 18.9. The number of rotatable bonds is 10. The van der Waals surface area contributed by atoms with Crippen LogP contribution in [0.3, 0.4) is 0 Å². The molecule has 0 amide bonds. The van der Waals surface area contributed by atoms with Gasteiger partial charge < -0.3 is 9.84 Å². The van der Waals surface area contributed by atoms with Crippen LogP contribution in [-0.4, -0.2) is 22.6 Å². The van der Waals surface area contributed by atoms with E-state index in [1.807, 2.05) is 0 Å². The van der Waals surface area contributed by atoms with Gasteiger partial charge in [-0.1, -0.05) is 45.4 Å². The lowest BCUT2D eigenvalue weighted by molar-refractivity contribution is -0.160. The van der Waals surface area contributed by atoms with Crippen LogP contribution >= 0.6 is 0 Å². The quantitative estimate of drug-likeness (QED) is 0.483. The summed E-state index contributed by atoms with van der Waals surface area (Å²) < 4.78 is 5.18. The molecule has 118 valence electrons. The van der Waals surface area contributed by atoms with Crippen LogP contribution in [0.1, 0.15) is 79.1 Å². The highest BCUT2D eigenvalue weighted by Gasteiger charge is 2.24. The van der Waals surface area contributed by atoms with Crippen molar-refractivity contribution < 1.29 is 19.4 Å². The van der Waals surface area contributed by atoms with Gasteiger partial charge in [0.15, 0.2) is 0 Å². The topological polar surface area (TPSA) is 63.6 Å². The van der Waals surface area contributed by atoms with Gasteiger partial charge in [0, 0.05) is 0 Å². The monoisotopic (exact) mass is 286 g/mol. The number of hydrogen-bond acceptors (Lipinski definition) is 3. The highest BCUT2D eigenvalue weighted by Crippen LogP contribution is 2.18. The summed E-state index contributed by atoms with van der Waals surface area (Å²) in [5.41, 5.74) is -0.555. The SMILES string of the molecule is CCCCCCCCC(CC(=O)OC(C)(C)C)C(=O)O. The molecular formula is C16H30O4. The molecule has 1 atom stereocenters. The Kier molecular flexibility index (Phi) is 9.26. The van der Waals surface area contributed by atoms with E-state index in [1.54, 1.807) is 20.8 Å². The Labute approximate surface area is 122 Å². The minimum Gasteiger partial charge on any atom is -0.481 e. The van der Waals surface area contributed by atoms with Crippen LogP contribution in [0.5, 0.6) is 0 Å². The summed E-state index contributed by atoms with van der Waals surface area (Å²) in [6.45, 7) is 7.53. The van der Waals surface area contributed by atoms with E-state index in [9.17, 15) is 9.59 Å². The van der Waals surface area contributed by atoms with Crippen LogP contribution in [-0.2, 0) is 14.3 Å². The predicted octanol–water partition coefficient (Wildman–Crippen LogP) is 4.17. The predicted molar refractivity (Wildman–Crippen MR) is 79.6 cm³/mol. The molecule has 4 heteroatoms. The summed E-state index contributed by atoms with van der Waals surface area (Å²) in [4.78, 5) is 22.8. The fraction of sp³-hybridized carbons (Fsp3) is 0.875. The Hall–Kier alpha value is -1.06. The van der Waals surface area contributed by atoms with Crippen LogP contribution in [0, 0.1) is 5.92 Å². The van der Waals surface area contributed by atoms with Gasteiger partial charge in [-0.2, -0.15) is 0 Å². The maximum absolute atomic E-state index is 11.7. The Morgan fingerprint density at radius 3 is 2.10 bits per heavy atom. The first-order chi connectivity index (χ1) is 9.26. The fourth-order valence-electron chi connectivity index (χ4n) is 2.07. The van der Waals surface area contributed by atoms with Crippen LogP contribution in [0.4, 0.5) is 0 Å². The van der Waals surface area contributed by atoms with Gasteiger partial charge in [0.05, 0.1) is 12.3 Å². The largest absolute Gasteiger partial charge is 0.481 e. The number of aliphatic carboxylic acids is 1. The van der Waals surface area contributed by atoms with Crippen molar-refractivity contribution in [2.75, 3.05) is 0 Å². The van der Waals surface area contributed by atoms with Gasteiger partial charge in [-0.05, 0) is 27.2 Å². The zero-order valence-corrected chi connectivity index (χ0v) is 13.4. The second-order valence-electron chi connectivity index (χ2n) is 6.38. The summed E-state index contributed by atoms with van der Waals surface area (Å²) in [6, 6.07) is 0. The van der Waals surface area contributed by atoms with Crippen molar-refractivity contribution in [1.29, 1.82) is 0 Å². The fourth-order valence-corrected chi connectivity index (χ4v) is 2.07. The number of hydrogen-bond donors (Lipinski definition) is 1. The number of unbranched alkanes of at least 4 members (excludes halogenated alkanes) is 5.